The van der Waals surface area contributed by atoms with Crippen LogP contribution in [0.2, 0.25) is 0 Å². The molecule has 0 saturated heterocycles. The number of nitrogens with one attached hydrogen (secondary N) is 1. The Hall–Kier alpha value is -1.55. The van der Waals surface area contributed by atoms with E-state index in [1.54, 1.807) is 19.2 Å². The van der Waals surface area contributed by atoms with Crippen LogP contribution < -0.4 is 10.1 Å². The van der Waals surface area contributed by atoms with Crippen LogP contribution in [0.3, 0.4) is 0 Å². The normalized spacial score (nSPS) is 16.6. The average molecular weight is 221 g/mol. The van der Waals surface area contributed by atoms with E-state index in [0.717, 1.165) is 18.5 Å². The first-order valence-electron chi connectivity index (χ1n) is 5.25. The number of benzene rings is 1. The third kappa shape index (κ3) is 2.52. The number of carbonyl (C=O) groups is 1. The van der Waals surface area contributed by atoms with E-state index in [4.69, 9.17) is 9.47 Å². The number of esters is 1. The van der Waals surface area contributed by atoms with Crippen LogP contribution in [0.5, 0.6) is 5.75 Å². The van der Waals surface area contributed by atoms with Gasteiger partial charge in [0.25, 0.3) is 0 Å². The molecule has 0 radical (unpaired) electrons. The van der Waals surface area contributed by atoms with Crippen LogP contribution >= 0.6 is 0 Å². The summed E-state index contributed by atoms with van der Waals surface area (Å²) in [6.45, 7) is 1.39. The fourth-order valence-corrected chi connectivity index (χ4v) is 1.56. The quantitative estimate of drug-likeness (QED) is 0.481. The minimum absolute atomic E-state index is 0.213. The van der Waals surface area contributed by atoms with Gasteiger partial charge in [-0.2, -0.15) is 0 Å². The van der Waals surface area contributed by atoms with Gasteiger partial charge < -0.3 is 14.8 Å². The van der Waals surface area contributed by atoms with Crippen LogP contribution in [0.25, 0.3) is 0 Å². The van der Waals surface area contributed by atoms with Gasteiger partial charge >= 0.3 is 5.97 Å². The van der Waals surface area contributed by atoms with E-state index in [0.29, 0.717) is 5.75 Å². The number of methoxy groups -OCH3 is 1. The highest BCUT2D eigenvalue weighted by molar-refractivity contribution is 5.70. The molecule has 0 unspecified atom stereocenters. The van der Waals surface area contributed by atoms with Crippen molar-refractivity contribution in [2.45, 2.75) is 25.5 Å². The number of hydrogen-bond donors (Lipinski definition) is 1. The average Bonchev–Trinajstić information content (AvgIpc) is 2.98. The molecule has 0 amide bonds. The zero-order valence-corrected chi connectivity index (χ0v) is 9.45. The lowest BCUT2D eigenvalue weighted by Crippen LogP contribution is -2.23. The molecule has 0 aliphatic heterocycles. The van der Waals surface area contributed by atoms with Crippen molar-refractivity contribution in [3.05, 3.63) is 24.3 Å². The zero-order chi connectivity index (χ0) is 11.6. The van der Waals surface area contributed by atoms with Crippen LogP contribution in [0, 0.1) is 0 Å². The molecule has 0 bridgehead atoms. The third-order valence-corrected chi connectivity index (χ3v) is 2.56. The number of carbonyl (C=O) groups excluding carboxylic acids is 1. The van der Waals surface area contributed by atoms with E-state index in [1.165, 1.54) is 6.92 Å². The predicted octanol–water partition coefficient (Wildman–Crippen LogP) is 2.16. The first kappa shape index (κ1) is 11.0. The first-order chi connectivity index (χ1) is 7.63. The molecule has 1 aliphatic rings. The van der Waals surface area contributed by atoms with Crippen molar-refractivity contribution in [1.29, 1.82) is 0 Å². The summed E-state index contributed by atoms with van der Waals surface area (Å²) < 4.78 is 10.4. The van der Waals surface area contributed by atoms with E-state index < -0.39 is 0 Å². The molecule has 1 aromatic rings. The van der Waals surface area contributed by atoms with Crippen molar-refractivity contribution in [3.8, 4) is 5.75 Å². The van der Waals surface area contributed by atoms with E-state index >= 15 is 0 Å². The molecular formula is C12H15NO3. The smallest absolute Gasteiger partial charge is 0.308 e. The Balaban J connectivity index is 2.07. The van der Waals surface area contributed by atoms with Gasteiger partial charge in [-0.25, -0.2) is 0 Å². The van der Waals surface area contributed by atoms with Crippen molar-refractivity contribution in [2.75, 3.05) is 12.4 Å². The van der Waals surface area contributed by atoms with Crippen molar-refractivity contribution in [3.63, 3.8) is 0 Å². The van der Waals surface area contributed by atoms with Crippen molar-refractivity contribution >= 4 is 11.7 Å². The predicted molar refractivity (Wildman–Crippen MR) is 60.3 cm³/mol. The number of rotatable bonds is 4. The van der Waals surface area contributed by atoms with Gasteiger partial charge in [-0.05, 0) is 25.0 Å². The zero-order valence-electron chi connectivity index (χ0n) is 9.45. The Morgan fingerprint density at radius 1 is 1.44 bits per heavy atom. The van der Waals surface area contributed by atoms with Crippen molar-refractivity contribution in [1.82, 2.24) is 0 Å². The Kier molecular flexibility index (Phi) is 2.83. The molecule has 1 aliphatic carbocycles. The van der Waals surface area contributed by atoms with Gasteiger partial charge in [0, 0.05) is 25.8 Å². The molecule has 1 N–H and O–H groups in total. The summed E-state index contributed by atoms with van der Waals surface area (Å²) in [5.74, 6) is 0.231. The van der Waals surface area contributed by atoms with E-state index in [-0.39, 0.29) is 11.7 Å². The molecule has 0 heterocycles. The van der Waals surface area contributed by atoms with Gasteiger partial charge in [0.05, 0.1) is 0 Å². The fourth-order valence-electron chi connectivity index (χ4n) is 1.56. The molecule has 0 atom stereocenters. The van der Waals surface area contributed by atoms with Crippen LogP contribution in [-0.2, 0) is 9.53 Å². The summed E-state index contributed by atoms with van der Waals surface area (Å²) >= 11 is 0. The second kappa shape index (κ2) is 4.14. The molecule has 2 rings (SSSR count). The summed E-state index contributed by atoms with van der Waals surface area (Å²) in [7, 11) is 1.69. The molecular weight excluding hydrogens is 206 g/mol. The van der Waals surface area contributed by atoms with Crippen molar-refractivity contribution in [2.24, 2.45) is 0 Å². The molecule has 4 heteroatoms. The maximum absolute atomic E-state index is 10.8. The molecule has 1 aromatic carbocycles. The molecule has 4 nitrogen and oxygen atoms in total. The monoisotopic (exact) mass is 221 g/mol. The van der Waals surface area contributed by atoms with Crippen molar-refractivity contribution < 1.29 is 14.3 Å². The van der Waals surface area contributed by atoms with E-state index in [2.05, 4.69) is 5.32 Å². The van der Waals surface area contributed by atoms with Gasteiger partial charge in [0.1, 0.15) is 11.5 Å². The minimum atomic E-state index is -0.315. The number of anilines is 1. The van der Waals surface area contributed by atoms with Crippen LogP contribution in [0.4, 0.5) is 5.69 Å². The van der Waals surface area contributed by atoms with Crippen LogP contribution in [-0.4, -0.2) is 18.8 Å². The van der Waals surface area contributed by atoms with Crippen LogP contribution in [0.1, 0.15) is 19.8 Å². The maximum atomic E-state index is 10.8. The fraction of sp³-hybridized carbons (Fsp3) is 0.417. The maximum Gasteiger partial charge on any atom is 0.308 e. The Morgan fingerprint density at radius 2 is 2.19 bits per heavy atom. The largest absolute Gasteiger partial charge is 0.427 e. The lowest BCUT2D eigenvalue weighted by Gasteiger charge is -2.17. The summed E-state index contributed by atoms with van der Waals surface area (Å²) in [5.41, 5.74) is 0.688. The van der Waals surface area contributed by atoms with Gasteiger partial charge in [-0.3, -0.25) is 4.79 Å². The van der Waals surface area contributed by atoms with Gasteiger partial charge in [0.2, 0.25) is 0 Å². The van der Waals surface area contributed by atoms with E-state index in [1.807, 2.05) is 12.1 Å². The topological polar surface area (TPSA) is 47.6 Å². The van der Waals surface area contributed by atoms with Gasteiger partial charge in [-0.15, -0.1) is 0 Å². The van der Waals surface area contributed by atoms with E-state index in [9.17, 15) is 4.79 Å². The van der Waals surface area contributed by atoms with Gasteiger partial charge in [-0.1, -0.05) is 6.07 Å². The molecule has 16 heavy (non-hydrogen) atoms. The Morgan fingerprint density at radius 3 is 2.75 bits per heavy atom. The Bertz CT molecular complexity index is 399. The van der Waals surface area contributed by atoms with Crippen LogP contribution in [0.15, 0.2) is 24.3 Å². The SMILES string of the molecule is COC1(Nc2cccc(OC(C)=O)c2)CC1. The summed E-state index contributed by atoms with van der Waals surface area (Å²) in [4.78, 5) is 10.8. The number of ether oxygens (including phenoxy) is 2. The second-order valence-corrected chi connectivity index (χ2v) is 3.94. The molecule has 86 valence electrons. The third-order valence-electron chi connectivity index (χ3n) is 2.56. The molecule has 0 spiro atoms. The summed E-state index contributed by atoms with van der Waals surface area (Å²) in [6.07, 6.45) is 2.00. The molecule has 1 fully saturated rings. The highest BCUT2D eigenvalue weighted by Crippen LogP contribution is 2.39. The lowest BCUT2D eigenvalue weighted by atomic mass is 10.3. The highest BCUT2D eigenvalue weighted by atomic mass is 16.5. The molecule has 0 aromatic heterocycles. The number of hydrogen-bond acceptors (Lipinski definition) is 4. The van der Waals surface area contributed by atoms with Gasteiger partial charge in [0.15, 0.2) is 0 Å². The second-order valence-electron chi connectivity index (χ2n) is 3.94. The minimum Gasteiger partial charge on any atom is -0.427 e. The standard InChI is InChI=1S/C12H15NO3/c1-9(14)16-11-5-3-4-10(8-11)13-12(15-2)6-7-12/h3-5,8,13H,6-7H2,1-2H3. The summed E-state index contributed by atoms with van der Waals surface area (Å²) in [5, 5.41) is 3.28. The molecule has 1 saturated carbocycles. The Labute approximate surface area is 94.6 Å². The lowest BCUT2D eigenvalue weighted by molar-refractivity contribution is -0.131. The highest BCUT2D eigenvalue weighted by Gasteiger charge is 2.43. The first-order valence-corrected chi connectivity index (χ1v) is 5.25. The summed E-state index contributed by atoms with van der Waals surface area (Å²) in [6, 6.07) is 7.30.